The molecule has 4 nitrogen and oxygen atoms in total. The SMILES string of the molecule is COc1ccc(F)c(NC(=O)C2(C)CCCNC2)c1.Cl. The van der Waals surface area contributed by atoms with E-state index in [4.69, 9.17) is 4.74 Å². The molecule has 0 spiro atoms. The van der Waals surface area contributed by atoms with E-state index in [0.29, 0.717) is 12.3 Å². The lowest BCUT2D eigenvalue weighted by atomic mass is 9.82. The average Bonchev–Trinajstić information content (AvgIpc) is 2.42. The van der Waals surface area contributed by atoms with E-state index in [9.17, 15) is 9.18 Å². The van der Waals surface area contributed by atoms with Crippen LogP contribution in [0.5, 0.6) is 5.75 Å². The number of ether oxygens (including phenoxy) is 1. The molecule has 112 valence electrons. The lowest BCUT2D eigenvalue weighted by molar-refractivity contribution is -0.125. The van der Waals surface area contributed by atoms with Gasteiger partial charge in [-0.25, -0.2) is 4.39 Å². The molecule has 1 aromatic carbocycles. The summed E-state index contributed by atoms with van der Waals surface area (Å²) in [5.41, 5.74) is -0.329. The summed E-state index contributed by atoms with van der Waals surface area (Å²) in [6.07, 6.45) is 1.75. The van der Waals surface area contributed by atoms with Gasteiger partial charge in [0.1, 0.15) is 11.6 Å². The molecule has 2 rings (SSSR count). The molecular weight excluding hydrogens is 283 g/mol. The van der Waals surface area contributed by atoms with Crippen molar-refractivity contribution >= 4 is 24.0 Å². The summed E-state index contributed by atoms with van der Waals surface area (Å²) in [6.45, 7) is 3.44. The standard InChI is InChI=1S/C14H19FN2O2.ClH/c1-14(6-3-7-16-9-14)13(18)17-12-8-10(19-2)4-5-11(12)15;/h4-5,8,16H,3,6-7,9H2,1-2H3,(H,17,18);1H. The van der Waals surface area contributed by atoms with E-state index in [2.05, 4.69) is 10.6 Å². The predicted molar refractivity (Wildman–Crippen MR) is 79.0 cm³/mol. The summed E-state index contributed by atoms with van der Waals surface area (Å²) in [5.74, 6) is -0.100. The number of piperidine rings is 1. The van der Waals surface area contributed by atoms with Crippen LogP contribution in [-0.2, 0) is 4.79 Å². The Balaban J connectivity index is 0.00000200. The first-order chi connectivity index (χ1) is 9.05. The Labute approximate surface area is 124 Å². The number of methoxy groups -OCH3 is 1. The van der Waals surface area contributed by atoms with Crippen LogP contribution in [-0.4, -0.2) is 26.1 Å². The average molecular weight is 303 g/mol. The van der Waals surface area contributed by atoms with Crippen LogP contribution in [0.2, 0.25) is 0 Å². The first kappa shape index (κ1) is 16.7. The molecule has 1 aliphatic rings. The van der Waals surface area contributed by atoms with E-state index >= 15 is 0 Å². The molecule has 1 aromatic rings. The van der Waals surface area contributed by atoms with Crippen molar-refractivity contribution in [2.24, 2.45) is 5.41 Å². The van der Waals surface area contributed by atoms with Gasteiger partial charge < -0.3 is 15.4 Å². The second kappa shape index (κ2) is 6.90. The molecule has 0 aliphatic carbocycles. The third-order valence-corrected chi connectivity index (χ3v) is 3.57. The molecule has 20 heavy (non-hydrogen) atoms. The fourth-order valence-electron chi connectivity index (χ4n) is 2.25. The van der Waals surface area contributed by atoms with Gasteiger partial charge in [-0.1, -0.05) is 0 Å². The van der Waals surface area contributed by atoms with Gasteiger partial charge >= 0.3 is 0 Å². The van der Waals surface area contributed by atoms with E-state index in [1.54, 1.807) is 0 Å². The molecule has 0 aromatic heterocycles. The molecule has 0 radical (unpaired) electrons. The van der Waals surface area contributed by atoms with Crippen LogP contribution in [0.1, 0.15) is 19.8 Å². The summed E-state index contributed by atoms with van der Waals surface area (Å²) >= 11 is 0. The Bertz CT molecular complexity index is 476. The summed E-state index contributed by atoms with van der Waals surface area (Å²) < 4.78 is 18.7. The van der Waals surface area contributed by atoms with Crippen molar-refractivity contribution in [1.82, 2.24) is 5.32 Å². The minimum atomic E-state index is -0.492. The fraction of sp³-hybridized carbons (Fsp3) is 0.500. The second-order valence-corrected chi connectivity index (χ2v) is 5.14. The van der Waals surface area contributed by atoms with Gasteiger partial charge in [-0.15, -0.1) is 12.4 Å². The first-order valence-electron chi connectivity index (χ1n) is 6.41. The highest BCUT2D eigenvalue weighted by Crippen LogP contribution is 2.29. The summed E-state index contributed by atoms with van der Waals surface area (Å²) in [7, 11) is 1.51. The molecule has 1 fully saturated rings. The maximum absolute atomic E-state index is 13.7. The highest BCUT2D eigenvalue weighted by molar-refractivity contribution is 5.95. The first-order valence-corrected chi connectivity index (χ1v) is 6.41. The van der Waals surface area contributed by atoms with Crippen LogP contribution < -0.4 is 15.4 Å². The summed E-state index contributed by atoms with van der Waals surface area (Å²) in [6, 6.07) is 4.30. The number of amides is 1. The van der Waals surface area contributed by atoms with Gasteiger partial charge in [0.05, 0.1) is 18.2 Å². The van der Waals surface area contributed by atoms with Crippen LogP contribution in [0.15, 0.2) is 18.2 Å². The third kappa shape index (κ3) is 3.61. The van der Waals surface area contributed by atoms with Crippen molar-refractivity contribution in [1.29, 1.82) is 0 Å². The van der Waals surface area contributed by atoms with Crippen molar-refractivity contribution in [3.63, 3.8) is 0 Å². The number of hydrogen-bond acceptors (Lipinski definition) is 3. The molecule has 0 bridgehead atoms. The lowest BCUT2D eigenvalue weighted by Gasteiger charge is -2.32. The molecule has 1 saturated heterocycles. The summed E-state index contributed by atoms with van der Waals surface area (Å²) in [5, 5.41) is 5.86. The molecule has 6 heteroatoms. The summed E-state index contributed by atoms with van der Waals surface area (Å²) in [4.78, 5) is 12.3. The van der Waals surface area contributed by atoms with E-state index in [1.165, 1.54) is 25.3 Å². The number of hydrogen-bond donors (Lipinski definition) is 2. The number of halogens is 2. The molecule has 1 unspecified atom stereocenters. The maximum atomic E-state index is 13.7. The topological polar surface area (TPSA) is 50.4 Å². The van der Waals surface area contributed by atoms with Crippen molar-refractivity contribution in [2.75, 3.05) is 25.5 Å². The quantitative estimate of drug-likeness (QED) is 0.902. The smallest absolute Gasteiger partial charge is 0.231 e. The van der Waals surface area contributed by atoms with Crippen LogP contribution in [0.25, 0.3) is 0 Å². The van der Waals surface area contributed by atoms with Gasteiger partial charge in [0.2, 0.25) is 5.91 Å². The van der Waals surface area contributed by atoms with E-state index in [-0.39, 0.29) is 24.0 Å². The van der Waals surface area contributed by atoms with E-state index < -0.39 is 11.2 Å². The van der Waals surface area contributed by atoms with Gasteiger partial charge in [0.25, 0.3) is 0 Å². The number of carbonyl (C=O) groups is 1. The van der Waals surface area contributed by atoms with Gasteiger partial charge in [0.15, 0.2) is 0 Å². The fourth-order valence-corrected chi connectivity index (χ4v) is 2.25. The highest BCUT2D eigenvalue weighted by Gasteiger charge is 2.34. The molecule has 1 heterocycles. The Morgan fingerprint density at radius 3 is 2.85 bits per heavy atom. The number of carbonyl (C=O) groups excluding carboxylic acids is 1. The minimum Gasteiger partial charge on any atom is -0.497 e. The van der Waals surface area contributed by atoms with Crippen molar-refractivity contribution < 1.29 is 13.9 Å². The molecular formula is C14H20ClFN2O2. The van der Waals surface area contributed by atoms with Crippen LogP contribution in [0.4, 0.5) is 10.1 Å². The molecule has 0 saturated carbocycles. The zero-order valence-corrected chi connectivity index (χ0v) is 12.5. The normalized spacial score (nSPS) is 21.8. The number of anilines is 1. The van der Waals surface area contributed by atoms with Crippen molar-refractivity contribution in [2.45, 2.75) is 19.8 Å². The molecule has 1 atom stereocenters. The van der Waals surface area contributed by atoms with Crippen LogP contribution >= 0.6 is 12.4 Å². The maximum Gasteiger partial charge on any atom is 0.231 e. The largest absolute Gasteiger partial charge is 0.497 e. The Morgan fingerprint density at radius 2 is 2.25 bits per heavy atom. The molecule has 1 aliphatic heterocycles. The monoisotopic (exact) mass is 302 g/mol. The van der Waals surface area contributed by atoms with Gasteiger partial charge in [-0.3, -0.25) is 4.79 Å². The van der Waals surface area contributed by atoms with E-state index in [1.807, 2.05) is 6.92 Å². The lowest BCUT2D eigenvalue weighted by Crippen LogP contribution is -2.46. The van der Waals surface area contributed by atoms with Gasteiger partial charge in [0, 0.05) is 12.6 Å². The number of nitrogens with one attached hydrogen (secondary N) is 2. The van der Waals surface area contributed by atoms with Crippen molar-refractivity contribution in [3.8, 4) is 5.75 Å². The Hall–Kier alpha value is -1.33. The zero-order chi connectivity index (χ0) is 13.9. The van der Waals surface area contributed by atoms with Crippen LogP contribution in [0.3, 0.4) is 0 Å². The van der Waals surface area contributed by atoms with Gasteiger partial charge in [-0.05, 0) is 38.4 Å². The van der Waals surface area contributed by atoms with E-state index in [0.717, 1.165) is 19.4 Å². The Morgan fingerprint density at radius 1 is 1.50 bits per heavy atom. The predicted octanol–water partition coefficient (Wildman–Crippen LogP) is 2.58. The zero-order valence-electron chi connectivity index (χ0n) is 11.7. The van der Waals surface area contributed by atoms with Crippen molar-refractivity contribution in [3.05, 3.63) is 24.0 Å². The number of rotatable bonds is 3. The Kier molecular flexibility index (Phi) is 5.77. The molecule has 2 N–H and O–H groups in total. The number of benzene rings is 1. The van der Waals surface area contributed by atoms with Gasteiger partial charge in [-0.2, -0.15) is 0 Å². The van der Waals surface area contributed by atoms with Crippen LogP contribution in [0, 0.1) is 11.2 Å². The highest BCUT2D eigenvalue weighted by atomic mass is 35.5. The second-order valence-electron chi connectivity index (χ2n) is 5.14. The third-order valence-electron chi connectivity index (χ3n) is 3.57. The minimum absolute atomic E-state index is 0. The molecule has 1 amide bonds.